The summed E-state index contributed by atoms with van der Waals surface area (Å²) in [5, 5.41) is 5.74. The Bertz CT molecular complexity index is 1300. The molecule has 0 aliphatic rings. The molecule has 1 amide bonds. The van der Waals surface area contributed by atoms with E-state index in [2.05, 4.69) is 30.6 Å². The first-order valence-corrected chi connectivity index (χ1v) is 10.5. The van der Waals surface area contributed by atoms with E-state index in [1.54, 1.807) is 25.5 Å². The largest absolute Gasteiger partial charge is 0.416 e. The third-order valence-electron chi connectivity index (χ3n) is 5.20. The zero-order valence-corrected chi connectivity index (χ0v) is 18.6. The number of pyridine rings is 1. The highest BCUT2D eigenvalue weighted by Crippen LogP contribution is 2.30. The first-order valence-electron chi connectivity index (χ1n) is 10.5. The lowest BCUT2D eigenvalue weighted by atomic mass is 10.2. The van der Waals surface area contributed by atoms with Crippen molar-refractivity contribution in [3.05, 3.63) is 72.2 Å². The third kappa shape index (κ3) is 4.98. The molecule has 1 atom stereocenters. The number of hydrogen-bond donors (Lipinski definition) is 2. The van der Waals surface area contributed by atoms with Crippen LogP contribution in [0.15, 0.2) is 55.2 Å². The van der Waals surface area contributed by atoms with Gasteiger partial charge in [-0.3, -0.25) is 9.78 Å². The topological polar surface area (TPSA) is 97.6 Å². The summed E-state index contributed by atoms with van der Waals surface area (Å²) in [5.74, 6) is -0.00392. The van der Waals surface area contributed by atoms with Crippen molar-refractivity contribution in [1.29, 1.82) is 0 Å². The van der Waals surface area contributed by atoms with Gasteiger partial charge in [0.2, 0.25) is 0 Å². The van der Waals surface area contributed by atoms with Crippen LogP contribution >= 0.6 is 0 Å². The molecule has 0 aliphatic heterocycles. The SMILES string of the molecule is CC(NC(=O)c1cc2c(cn1)ncn2C(C)C)c1cnc(Nc2ccc(C(F)(F)F)cc2)cn1. The van der Waals surface area contributed by atoms with Crippen LogP contribution in [0.5, 0.6) is 0 Å². The molecule has 4 rings (SSSR count). The van der Waals surface area contributed by atoms with Crippen LogP contribution in [0.1, 0.15) is 54.6 Å². The van der Waals surface area contributed by atoms with Crippen LogP contribution in [0.25, 0.3) is 11.0 Å². The molecule has 0 radical (unpaired) electrons. The van der Waals surface area contributed by atoms with Crippen molar-refractivity contribution in [3.8, 4) is 0 Å². The number of fused-ring (bicyclic) bond motifs is 1. The molecule has 4 aromatic rings. The number of nitrogens with one attached hydrogen (secondary N) is 2. The quantitative estimate of drug-likeness (QED) is 0.410. The molecule has 0 spiro atoms. The second kappa shape index (κ2) is 9.08. The number of rotatable bonds is 6. The number of nitrogens with zero attached hydrogens (tertiary/aromatic N) is 5. The summed E-state index contributed by atoms with van der Waals surface area (Å²) in [6.45, 7) is 5.82. The van der Waals surface area contributed by atoms with E-state index >= 15 is 0 Å². The lowest BCUT2D eigenvalue weighted by Crippen LogP contribution is -2.28. The van der Waals surface area contributed by atoms with Crippen LogP contribution in [0.3, 0.4) is 0 Å². The molecule has 0 fully saturated rings. The Hall–Kier alpha value is -4.02. The van der Waals surface area contributed by atoms with E-state index in [0.717, 1.165) is 17.6 Å². The van der Waals surface area contributed by atoms with Crippen LogP contribution in [-0.4, -0.2) is 30.4 Å². The molecular formula is C23H22F3N7O. The zero-order valence-electron chi connectivity index (χ0n) is 18.6. The molecule has 0 bridgehead atoms. The second-order valence-electron chi connectivity index (χ2n) is 8.03. The zero-order chi connectivity index (χ0) is 24.5. The van der Waals surface area contributed by atoms with Gasteiger partial charge < -0.3 is 15.2 Å². The Balaban J connectivity index is 1.41. The fraction of sp³-hybridized carbons (Fsp3) is 0.261. The lowest BCUT2D eigenvalue weighted by Gasteiger charge is -2.14. The molecule has 0 aliphatic carbocycles. The number of halogens is 3. The fourth-order valence-corrected chi connectivity index (χ4v) is 3.33. The molecule has 2 N–H and O–H groups in total. The van der Waals surface area contributed by atoms with E-state index in [0.29, 0.717) is 22.7 Å². The first-order chi connectivity index (χ1) is 16.1. The maximum atomic E-state index is 12.7. The second-order valence-corrected chi connectivity index (χ2v) is 8.03. The molecule has 176 valence electrons. The number of hydrogen-bond acceptors (Lipinski definition) is 6. The summed E-state index contributed by atoms with van der Waals surface area (Å²) < 4.78 is 40.0. The number of amides is 1. The highest BCUT2D eigenvalue weighted by molar-refractivity contribution is 5.95. The van der Waals surface area contributed by atoms with Crippen LogP contribution in [0.4, 0.5) is 24.7 Å². The molecule has 1 unspecified atom stereocenters. The van der Waals surface area contributed by atoms with Crippen molar-refractivity contribution >= 4 is 28.4 Å². The maximum Gasteiger partial charge on any atom is 0.416 e. The van der Waals surface area contributed by atoms with Gasteiger partial charge in [-0.2, -0.15) is 13.2 Å². The minimum Gasteiger partial charge on any atom is -0.343 e. The molecule has 3 aromatic heterocycles. The van der Waals surface area contributed by atoms with Gasteiger partial charge in [0, 0.05) is 11.7 Å². The molecule has 0 saturated heterocycles. The van der Waals surface area contributed by atoms with Gasteiger partial charge in [-0.15, -0.1) is 0 Å². The molecule has 0 saturated carbocycles. The van der Waals surface area contributed by atoms with E-state index in [1.165, 1.54) is 24.5 Å². The average molecular weight is 469 g/mol. The summed E-state index contributed by atoms with van der Waals surface area (Å²) in [6, 6.07) is 6.04. The molecule has 3 heterocycles. The summed E-state index contributed by atoms with van der Waals surface area (Å²) in [7, 11) is 0. The molecule has 8 nitrogen and oxygen atoms in total. The van der Waals surface area contributed by atoms with Crippen molar-refractivity contribution < 1.29 is 18.0 Å². The number of alkyl halides is 3. The molecule has 11 heteroatoms. The van der Waals surface area contributed by atoms with E-state index in [4.69, 9.17) is 0 Å². The highest BCUT2D eigenvalue weighted by atomic mass is 19.4. The van der Waals surface area contributed by atoms with E-state index in [-0.39, 0.29) is 17.6 Å². The van der Waals surface area contributed by atoms with Gasteiger partial charge in [-0.25, -0.2) is 15.0 Å². The van der Waals surface area contributed by atoms with Crippen molar-refractivity contribution in [2.75, 3.05) is 5.32 Å². The van der Waals surface area contributed by atoms with Gasteiger partial charge in [0.05, 0.1) is 47.7 Å². The monoisotopic (exact) mass is 469 g/mol. The third-order valence-corrected chi connectivity index (χ3v) is 5.20. The summed E-state index contributed by atoms with van der Waals surface area (Å²) in [6.07, 6.45) is 1.83. The van der Waals surface area contributed by atoms with Gasteiger partial charge in [0.25, 0.3) is 5.91 Å². The minimum atomic E-state index is -4.39. The van der Waals surface area contributed by atoms with Gasteiger partial charge in [0.15, 0.2) is 0 Å². The van der Waals surface area contributed by atoms with E-state index in [9.17, 15) is 18.0 Å². The van der Waals surface area contributed by atoms with Crippen molar-refractivity contribution in [2.24, 2.45) is 0 Å². The smallest absolute Gasteiger partial charge is 0.343 e. The standard InChI is InChI=1S/C23H22F3N7O/c1-13(2)33-12-30-19-10-27-17(8-20(19)33)22(34)31-14(3)18-9-29-21(11-28-18)32-16-6-4-15(5-7-16)23(24,25)26/h4-14H,1-3H3,(H,29,32)(H,31,34). The van der Waals surface area contributed by atoms with Crippen LogP contribution in [0, 0.1) is 0 Å². The highest BCUT2D eigenvalue weighted by Gasteiger charge is 2.29. The number of aromatic nitrogens is 5. The summed E-state index contributed by atoms with van der Waals surface area (Å²) in [4.78, 5) is 29.8. The van der Waals surface area contributed by atoms with Gasteiger partial charge in [-0.1, -0.05) is 0 Å². The van der Waals surface area contributed by atoms with Crippen molar-refractivity contribution in [2.45, 2.75) is 39.0 Å². The Labute approximate surface area is 193 Å². The maximum absolute atomic E-state index is 12.7. The minimum absolute atomic E-state index is 0.187. The summed E-state index contributed by atoms with van der Waals surface area (Å²) >= 11 is 0. The van der Waals surface area contributed by atoms with E-state index in [1.807, 2.05) is 18.4 Å². The van der Waals surface area contributed by atoms with Crippen LogP contribution in [-0.2, 0) is 6.18 Å². The van der Waals surface area contributed by atoms with Gasteiger partial charge in [-0.05, 0) is 51.1 Å². The fourth-order valence-electron chi connectivity index (χ4n) is 3.33. The van der Waals surface area contributed by atoms with E-state index < -0.39 is 17.8 Å². The molecule has 34 heavy (non-hydrogen) atoms. The predicted molar refractivity (Wildman–Crippen MR) is 121 cm³/mol. The van der Waals surface area contributed by atoms with Crippen LogP contribution in [0.2, 0.25) is 0 Å². The number of carbonyl (C=O) groups excluding carboxylic acids is 1. The lowest BCUT2D eigenvalue weighted by molar-refractivity contribution is -0.137. The first kappa shape index (κ1) is 23.1. The Morgan fingerprint density at radius 3 is 2.32 bits per heavy atom. The van der Waals surface area contributed by atoms with Crippen molar-refractivity contribution in [1.82, 2.24) is 29.8 Å². The Morgan fingerprint density at radius 1 is 0.971 bits per heavy atom. The number of benzene rings is 1. The van der Waals surface area contributed by atoms with Crippen LogP contribution < -0.4 is 10.6 Å². The Kier molecular flexibility index (Phi) is 6.18. The van der Waals surface area contributed by atoms with Crippen molar-refractivity contribution in [3.63, 3.8) is 0 Å². The molecular weight excluding hydrogens is 447 g/mol. The number of carbonyl (C=O) groups is 1. The van der Waals surface area contributed by atoms with Gasteiger partial charge in [0.1, 0.15) is 17.0 Å². The van der Waals surface area contributed by atoms with Gasteiger partial charge >= 0.3 is 6.18 Å². The predicted octanol–water partition coefficient (Wildman–Crippen LogP) is 5.06. The summed E-state index contributed by atoms with van der Waals surface area (Å²) in [5.41, 5.74) is 2.02. The number of imidazole rings is 1. The number of anilines is 2. The Morgan fingerprint density at radius 2 is 1.71 bits per heavy atom. The molecule has 1 aromatic carbocycles. The normalized spacial score (nSPS) is 12.7. The average Bonchev–Trinajstić information content (AvgIpc) is 3.23.